The molecule has 1 atom stereocenters. The molecule has 0 aliphatic heterocycles. The van der Waals surface area contributed by atoms with E-state index in [1.807, 2.05) is 0 Å². The molecular formula is C18H36N2O. The van der Waals surface area contributed by atoms with Crippen LogP contribution in [0.4, 0.5) is 0 Å². The molecule has 1 rings (SSSR count). The Hall–Kier alpha value is -0.570. The summed E-state index contributed by atoms with van der Waals surface area (Å²) in [5.74, 6) is 1.17. The van der Waals surface area contributed by atoms with Crippen LogP contribution in [0.15, 0.2) is 0 Å². The molecule has 0 radical (unpaired) electrons. The molecule has 0 heterocycles. The molecule has 21 heavy (non-hydrogen) atoms. The molecule has 0 bridgehead atoms. The van der Waals surface area contributed by atoms with Crippen LogP contribution in [0.25, 0.3) is 0 Å². The number of carbonyl (C=O) groups is 1. The highest BCUT2D eigenvalue weighted by Gasteiger charge is 2.32. The summed E-state index contributed by atoms with van der Waals surface area (Å²) < 4.78 is 0. The maximum absolute atomic E-state index is 12.3. The van der Waals surface area contributed by atoms with E-state index in [1.54, 1.807) is 0 Å². The quantitative estimate of drug-likeness (QED) is 0.830. The van der Waals surface area contributed by atoms with E-state index < -0.39 is 0 Å². The van der Waals surface area contributed by atoms with Crippen LogP contribution >= 0.6 is 0 Å². The third-order valence-corrected chi connectivity index (χ3v) is 4.74. The van der Waals surface area contributed by atoms with E-state index in [1.165, 1.54) is 12.8 Å². The van der Waals surface area contributed by atoms with Crippen molar-refractivity contribution in [1.29, 1.82) is 0 Å². The van der Waals surface area contributed by atoms with Gasteiger partial charge >= 0.3 is 0 Å². The SMILES string of the molecule is CC(C)(C)CC(N)CNC(=O)C1CCC(C(C)(C)C)CC1. The van der Waals surface area contributed by atoms with Crippen molar-refractivity contribution in [2.45, 2.75) is 79.7 Å². The maximum atomic E-state index is 12.3. The second-order valence-electron chi connectivity index (χ2n) is 9.18. The zero-order valence-electron chi connectivity index (χ0n) is 15.0. The maximum Gasteiger partial charge on any atom is 0.223 e. The van der Waals surface area contributed by atoms with Gasteiger partial charge in [0.25, 0.3) is 0 Å². The first kappa shape index (κ1) is 18.5. The third kappa shape index (κ3) is 6.82. The van der Waals surface area contributed by atoms with Crippen molar-refractivity contribution in [3.05, 3.63) is 0 Å². The van der Waals surface area contributed by atoms with Gasteiger partial charge < -0.3 is 11.1 Å². The molecular weight excluding hydrogens is 260 g/mol. The highest BCUT2D eigenvalue weighted by molar-refractivity contribution is 5.78. The van der Waals surface area contributed by atoms with Crippen molar-refractivity contribution in [1.82, 2.24) is 5.32 Å². The minimum atomic E-state index is 0.0554. The Morgan fingerprint density at radius 2 is 1.62 bits per heavy atom. The lowest BCUT2D eigenvalue weighted by Crippen LogP contribution is -2.42. The Kier molecular flexibility index (Phi) is 6.27. The highest BCUT2D eigenvalue weighted by atomic mass is 16.1. The molecule has 0 spiro atoms. The standard InChI is InChI=1S/C18H36N2O/c1-17(2,3)11-15(19)12-20-16(21)13-7-9-14(10-8-13)18(4,5)6/h13-15H,7-12,19H2,1-6H3,(H,20,21). The van der Waals surface area contributed by atoms with Crippen LogP contribution in [0, 0.1) is 22.7 Å². The van der Waals surface area contributed by atoms with Gasteiger partial charge in [0.05, 0.1) is 0 Å². The Bertz CT molecular complexity index is 330. The zero-order chi connectivity index (χ0) is 16.3. The molecule has 0 saturated heterocycles. The first-order valence-electron chi connectivity index (χ1n) is 8.52. The molecule has 0 aromatic rings. The molecule has 1 aliphatic carbocycles. The molecule has 1 aliphatic rings. The Morgan fingerprint density at radius 1 is 1.10 bits per heavy atom. The van der Waals surface area contributed by atoms with E-state index in [2.05, 4.69) is 46.9 Å². The van der Waals surface area contributed by atoms with Gasteiger partial charge in [-0.1, -0.05) is 41.5 Å². The van der Waals surface area contributed by atoms with Crippen molar-refractivity contribution >= 4 is 5.91 Å². The van der Waals surface area contributed by atoms with Gasteiger partial charge in [0.1, 0.15) is 0 Å². The van der Waals surface area contributed by atoms with Crippen LogP contribution in [0.5, 0.6) is 0 Å². The monoisotopic (exact) mass is 296 g/mol. The summed E-state index contributed by atoms with van der Waals surface area (Å²) in [6, 6.07) is 0.0554. The number of nitrogens with two attached hydrogens (primary N) is 1. The van der Waals surface area contributed by atoms with Crippen molar-refractivity contribution < 1.29 is 4.79 Å². The molecule has 3 nitrogen and oxygen atoms in total. The minimum Gasteiger partial charge on any atom is -0.354 e. The average molecular weight is 296 g/mol. The molecule has 1 fully saturated rings. The molecule has 124 valence electrons. The summed E-state index contributed by atoms with van der Waals surface area (Å²) in [5.41, 5.74) is 6.69. The summed E-state index contributed by atoms with van der Waals surface area (Å²) >= 11 is 0. The molecule has 1 amide bonds. The van der Waals surface area contributed by atoms with Crippen LogP contribution in [0.1, 0.15) is 73.6 Å². The largest absolute Gasteiger partial charge is 0.354 e. The normalized spacial score (nSPS) is 25.5. The Balaban J connectivity index is 2.32. The lowest BCUT2D eigenvalue weighted by Gasteiger charge is -2.36. The average Bonchev–Trinajstić information content (AvgIpc) is 2.33. The number of hydrogen-bond acceptors (Lipinski definition) is 2. The van der Waals surface area contributed by atoms with Crippen molar-refractivity contribution in [3.8, 4) is 0 Å². The molecule has 1 saturated carbocycles. The number of amides is 1. The van der Waals surface area contributed by atoms with E-state index in [-0.39, 0.29) is 23.3 Å². The smallest absolute Gasteiger partial charge is 0.223 e. The van der Waals surface area contributed by atoms with Crippen molar-refractivity contribution in [2.75, 3.05) is 6.54 Å². The summed E-state index contributed by atoms with van der Waals surface area (Å²) in [6.07, 6.45) is 5.35. The predicted molar refractivity (Wildman–Crippen MR) is 90.0 cm³/mol. The minimum absolute atomic E-state index is 0.0554. The van der Waals surface area contributed by atoms with E-state index in [0.29, 0.717) is 12.0 Å². The highest BCUT2D eigenvalue weighted by Crippen LogP contribution is 2.39. The topological polar surface area (TPSA) is 55.1 Å². The second-order valence-corrected chi connectivity index (χ2v) is 9.18. The summed E-state index contributed by atoms with van der Waals surface area (Å²) in [7, 11) is 0. The fourth-order valence-corrected chi connectivity index (χ4v) is 3.46. The van der Waals surface area contributed by atoms with Gasteiger partial charge in [-0.15, -0.1) is 0 Å². The van der Waals surface area contributed by atoms with Crippen LogP contribution < -0.4 is 11.1 Å². The van der Waals surface area contributed by atoms with Crippen LogP contribution in [-0.4, -0.2) is 18.5 Å². The number of nitrogens with one attached hydrogen (secondary N) is 1. The second kappa shape index (κ2) is 7.13. The lowest BCUT2D eigenvalue weighted by atomic mass is 9.69. The fraction of sp³-hybridized carbons (Fsp3) is 0.944. The van der Waals surface area contributed by atoms with Crippen LogP contribution in [-0.2, 0) is 4.79 Å². The lowest BCUT2D eigenvalue weighted by molar-refractivity contribution is -0.126. The van der Waals surface area contributed by atoms with E-state index in [0.717, 1.165) is 25.2 Å². The van der Waals surface area contributed by atoms with Gasteiger partial charge in [0.2, 0.25) is 5.91 Å². The summed E-state index contributed by atoms with van der Waals surface area (Å²) in [4.78, 5) is 12.3. The van der Waals surface area contributed by atoms with E-state index >= 15 is 0 Å². The van der Waals surface area contributed by atoms with Crippen molar-refractivity contribution in [2.24, 2.45) is 28.4 Å². The first-order chi connectivity index (χ1) is 9.49. The van der Waals surface area contributed by atoms with Crippen LogP contribution in [0.3, 0.4) is 0 Å². The predicted octanol–water partition coefficient (Wildman–Crippen LogP) is 3.72. The number of rotatable bonds is 4. The Labute approximate surface area is 131 Å². The van der Waals surface area contributed by atoms with Gasteiger partial charge in [0.15, 0.2) is 0 Å². The number of carbonyl (C=O) groups excluding carboxylic acids is 1. The van der Waals surface area contributed by atoms with Gasteiger partial charge in [0, 0.05) is 18.5 Å². The van der Waals surface area contributed by atoms with E-state index in [9.17, 15) is 4.79 Å². The summed E-state index contributed by atoms with van der Waals surface area (Å²) in [5, 5.41) is 3.06. The molecule has 1 unspecified atom stereocenters. The zero-order valence-corrected chi connectivity index (χ0v) is 15.0. The number of hydrogen-bond donors (Lipinski definition) is 2. The molecule has 3 N–H and O–H groups in total. The van der Waals surface area contributed by atoms with Gasteiger partial charge in [-0.2, -0.15) is 0 Å². The molecule has 0 aromatic heterocycles. The first-order valence-corrected chi connectivity index (χ1v) is 8.52. The van der Waals surface area contributed by atoms with Crippen LogP contribution in [0.2, 0.25) is 0 Å². The third-order valence-electron chi connectivity index (χ3n) is 4.74. The Morgan fingerprint density at radius 3 is 2.05 bits per heavy atom. The van der Waals surface area contributed by atoms with Gasteiger partial charge in [-0.3, -0.25) is 4.79 Å². The van der Waals surface area contributed by atoms with Crippen molar-refractivity contribution in [3.63, 3.8) is 0 Å². The fourth-order valence-electron chi connectivity index (χ4n) is 3.46. The van der Waals surface area contributed by atoms with E-state index in [4.69, 9.17) is 5.73 Å². The van der Waals surface area contributed by atoms with Gasteiger partial charge in [-0.05, 0) is 48.9 Å². The van der Waals surface area contributed by atoms with Gasteiger partial charge in [-0.25, -0.2) is 0 Å². The molecule has 3 heteroatoms. The summed E-state index contributed by atoms with van der Waals surface area (Å²) in [6.45, 7) is 14.1. The molecule has 0 aromatic carbocycles.